The summed E-state index contributed by atoms with van der Waals surface area (Å²) in [5, 5.41) is 0. The van der Waals surface area contributed by atoms with Crippen molar-refractivity contribution in [2.24, 2.45) is 11.5 Å². The Morgan fingerprint density at radius 3 is 2.22 bits per heavy atom. The van der Waals surface area contributed by atoms with Crippen LogP contribution in [0.5, 0.6) is 0 Å². The maximum Gasteiger partial charge on any atom is 0.248 e. The van der Waals surface area contributed by atoms with Crippen LogP contribution in [0.2, 0.25) is 0 Å². The molecular weight excluding hydrogens is 226 g/mol. The Morgan fingerprint density at radius 2 is 1.72 bits per heavy atom. The number of primary amides is 1. The van der Waals surface area contributed by atoms with Crippen molar-refractivity contribution in [3.8, 4) is 0 Å². The third kappa shape index (κ3) is 2.82. The number of carbonyl (C=O) groups is 1. The summed E-state index contributed by atoms with van der Waals surface area (Å²) in [6.07, 6.45) is 4.45. The number of hydrogen-bond donors (Lipinski definition) is 2. The molecule has 0 spiro atoms. The third-order valence-electron chi connectivity index (χ3n) is 3.85. The summed E-state index contributed by atoms with van der Waals surface area (Å²) in [7, 11) is 2.10. The molecule has 1 aliphatic rings. The number of hydrogen-bond acceptors (Lipinski definition) is 3. The van der Waals surface area contributed by atoms with Gasteiger partial charge in [0.25, 0.3) is 0 Å². The van der Waals surface area contributed by atoms with E-state index in [9.17, 15) is 4.79 Å². The van der Waals surface area contributed by atoms with Gasteiger partial charge < -0.3 is 16.4 Å². The molecule has 4 N–H and O–H groups in total. The first kappa shape index (κ1) is 12.9. The van der Waals surface area contributed by atoms with Crippen molar-refractivity contribution < 1.29 is 4.79 Å². The highest BCUT2D eigenvalue weighted by Gasteiger charge is 2.22. The molecule has 1 saturated carbocycles. The molecule has 0 atom stereocenters. The van der Waals surface area contributed by atoms with Gasteiger partial charge in [0.05, 0.1) is 0 Å². The van der Waals surface area contributed by atoms with Gasteiger partial charge in [-0.15, -0.1) is 0 Å². The molecule has 0 heterocycles. The Hall–Kier alpha value is -1.55. The van der Waals surface area contributed by atoms with E-state index in [2.05, 4.69) is 11.9 Å². The molecule has 1 aromatic carbocycles. The Bertz CT molecular complexity index is 408. The second-order valence-corrected chi connectivity index (χ2v) is 5.09. The number of carbonyl (C=O) groups excluding carboxylic acids is 1. The molecule has 1 aromatic rings. The summed E-state index contributed by atoms with van der Waals surface area (Å²) in [5.74, 6) is -0.382. The molecule has 0 saturated heterocycles. The van der Waals surface area contributed by atoms with Crippen LogP contribution in [0.3, 0.4) is 0 Å². The minimum atomic E-state index is -0.382. The summed E-state index contributed by atoms with van der Waals surface area (Å²) in [5.41, 5.74) is 12.8. The fourth-order valence-corrected chi connectivity index (χ4v) is 2.56. The monoisotopic (exact) mass is 247 g/mol. The van der Waals surface area contributed by atoms with Crippen molar-refractivity contribution in [2.45, 2.75) is 37.8 Å². The minimum absolute atomic E-state index is 0.367. The van der Waals surface area contributed by atoms with Gasteiger partial charge >= 0.3 is 0 Å². The number of nitrogens with two attached hydrogens (primary N) is 2. The first-order chi connectivity index (χ1) is 8.58. The number of amides is 1. The fraction of sp³-hybridized carbons (Fsp3) is 0.500. The van der Waals surface area contributed by atoms with Crippen molar-refractivity contribution in [1.82, 2.24) is 0 Å². The zero-order chi connectivity index (χ0) is 13.1. The summed E-state index contributed by atoms with van der Waals surface area (Å²) in [6.45, 7) is 0. The van der Waals surface area contributed by atoms with Crippen molar-refractivity contribution in [2.75, 3.05) is 11.9 Å². The van der Waals surface area contributed by atoms with Gasteiger partial charge in [0.1, 0.15) is 0 Å². The zero-order valence-electron chi connectivity index (χ0n) is 10.8. The lowest BCUT2D eigenvalue weighted by molar-refractivity contribution is 0.100. The molecule has 0 aromatic heterocycles. The van der Waals surface area contributed by atoms with E-state index in [4.69, 9.17) is 11.5 Å². The van der Waals surface area contributed by atoms with Crippen molar-refractivity contribution in [3.63, 3.8) is 0 Å². The second kappa shape index (κ2) is 5.40. The molecule has 2 rings (SSSR count). The molecule has 0 radical (unpaired) electrons. The Labute approximate surface area is 108 Å². The van der Waals surface area contributed by atoms with Gasteiger partial charge in [-0.1, -0.05) is 0 Å². The summed E-state index contributed by atoms with van der Waals surface area (Å²) >= 11 is 0. The van der Waals surface area contributed by atoms with Gasteiger partial charge in [-0.3, -0.25) is 4.79 Å². The SMILES string of the molecule is CN(c1ccc(C(N)=O)cc1)C1CCC(N)CC1. The number of nitrogens with zero attached hydrogens (tertiary/aromatic N) is 1. The van der Waals surface area contributed by atoms with E-state index in [1.54, 1.807) is 12.1 Å². The van der Waals surface area contributed by atoms with Crippen LogP contribution in [0.1, 0.15) is 36.0 Å². The summed E-state index contributed by atoms with van der Waals surface area (Å²) in [6, 6.07) is 8.38. The van der Waals surface area contributed by atoms with Crippen LogP contribution in [-0.4, -0.2) is 25.0 Å². The molecule has 18 heavy (non-hydrogen) atoms. The van der Waals surface area contributed by atoms with Gasteiger partial charge in [0.2, 0.25) is 5.91 Å². The molecule has 1 aliphatic carbocycles. The van der Waals surface area contributed by atoms with E-state index < -0.39 is 0 Å². The highest BCUT2D eigenvalue weighted by atomic mass is 16.1. The first-order valence-electron chi connectivity index (χ1n) is 6.46. The van der Waals surface area contributed by atoms with E-state index in [1.165, 1.54) is 0 Å². The molecule has 4 nitrogen and oxygen atoms in total. The number of anilines is 1. The van der Waals surface area contributed by atoms with Crippen LogP contribution in [0.25, 0.3) is 0 Å². The van der Waals surface area contributed by atoms with Gasteiger partial charge in [0, 0.05) is 30.4 Å². The average Bonchev–Trinajstić information content (AvgIpc) is 2.39. The van der Waals surface area contributed by atoms with E-state index in [0.717, 1.165) is 31.4 Å². The molecular formula is C14H21N3O. The predicted molar refractivity (Wildman–Crippen MR) is 73.6 cm³/mol. The molecule has 1 fully saturated rings. The molecule has 0 bridgehead atoms. The normalized spacial score (nSPS) is 23.7. The minimum Gasteiger partial charge on any atom is -0.372 e. The largest absolute Gasteiger partial charge is 0.372 e. The summed E-state index contributed by atoms with van der Waals surface area (Å²) in [4.78, 5) is 13.3. The van der Waals surface area contributed by atoms with Crippen LogP contribution in [0, 0.1) is 0 Å². The van der Waals surface area contributed by atoms with Crippen LogP contribution in [-0.2, 0) is 0 Å². The predicted octanol–water partition coefficient (Wildman–Crippen LogP) is 1.49. The maximum absolute atomic E-state index is 11.0. The first-order valence-corrected chi connectivity index (χ1v) is 6.46. The highest BCUT2D eigenvalue weighted by Crippen LogP contribution is 2.25. The molecule has 1 amide bonds. The van der Waals surface area contributed by atoms with Crippen LogP contribution in [0.4, 0.5) is 5.69 Å². The van der Waals surface area contributed by atoms with Crippen LogP contribution < -0.4 is 16.4 Å². The zero-order valence-corrected chi connectivity index (χ0v) is 10.8. The Kier molecular flexibility index (Phi) is 3.87. The van der Waals surface area contributed by atoms with Crippen molar-refractivity contribution >= 4 is 11.6 Å². The lowest BCUT2D eigenvalue weighted by Crippen LogP contribution is -2.38. The number of benzene rings is 1. The third-order valence-corrected chi connectivity index (χ3v) is 3.85. The maximum atomic E-state index is 11.0. The number of rotatable bonds is 3. The topological polar surface area (TPSA) is 72.3 Å². The van der Waals surface area contributed by atoms with Crippen LogP contribution in [0.15, 0.2) is 24.3 Å². The van der Waals surface area contributed by atoms with E-state index in [0.29, 0.717) is 17.6 Å². The molecule has 0 unspecified atom stereocenters. The van der Waals surface area contributed by atoms with Crippen molar-refractivity contribution in [3.05, 3.63) is 29.8 Å². The fourth-order valence-electron chi connectivity index (χ4n) is 2.56. The van der Waals surface area contributed by atoms with E-state index in [1.807, 2.05) is 12.1 Å². The smallest absolute Gasteiger partial charge is 0.248 e. The molecule has 4 heteroatoms. The Morgan fingerprint density at radius 1 is 1.17 bits per heavy atom. The molecule has 98 valence electrons. The van der Waals surface area contributed by atoms with Gasteiger partial charge in [-0.05, 0) is 49.9 Å². The average molecular weight is 247 g/mol. The quantitative estimate of drug-likeness (QED) is 0.850. The van der Waals surface area contributed by atoms with Crippen molar-refractivity contribution in [1.29, 1.82) is 0 Å². The summed E-state index contributed by atoms with van der Waals surface area (Å²) < 4.78 is 0. The van der Waals surface area contributed by atoms with E-state index in [-0.39, 0.29) is 5.91 Å². The van der Waals surface area contributed by atoms with Gasteiger partial charge in [-0.25, -0.2) is 0 Å². The van der Waals surface area contributed by atoms with Gasteiger partial charge in [0.15, 0.2) is 0 Å². The Balaban J connectivity index is 2.04. The standard InChI is InChI=1S/C14H21N3O/c1-17(13-8-4-11(15)5-9-13)12-6-2-10(3-7-12)14(16)18/h2-3,6-7,11,13H,4-5,8-9,15H2,1H3,(H2,16,18). The van der Waals surface area contributed by atoms with Crippen LogP contribution >= 0.6 is 0 Å². The molecule has 0 aliphatic heterocycles. The lowest BCUT2D eigenvalue weighted by Gasteiger charge is -2.35. The van der Waals surface area contributed by atoms with E-state index >= 15 is 0 Å². The van der Waals surface area contributed by atoms with Gasteiger partial charge in [-0.2, -0.15) is 0 Å². The lowest BCUT2D eigenvalue weighted by atomic mass is 9.90. The second-order valence-electron chi connectivity index (χ2n) is 5.09. The highest BCUT2D eigenvalue weighted by molar-refractivity contribution is 5.93.